The van der Waals surface area contributed by atoms with Crippen LogP contribution in [0.25, 0.3) is 0 Å². The molecular weight excluding hydrogens is 1640 g/mol. The highest BCUT2D eigenvalue weighted by molar-refractivity contribution is 7.06. The first kappa shape index (κ1) is 112. The normalized spacial score (nSPS) is 13.2. The van der Waals surface area contributed by atoms with Gasteiger partial charge < -0.3 is 23.4 Å². The van der Waals surface area contributed by atoms with Crippen molar-refractivity contribution >= 4 is 81.3 Å². The average Bonchev–Trinajstić information content (AvgIpc) is 1.71. The summed E-state index contributed by atoms with van der Waals surface area (Å²) in [5.41, 5.74) is 14.1. The van der Waals surface area contributed by atoms with E-state index >= 15 is 0 Å². The quantitative estimate of drug-likeness (QED) is 0.0988. The van der Waals surface area contributed by atoms with Crippen molar-refractivity contribution in [3.05, 3.63) is 162 Å². The highest BCUT2D eigenvalue weighted by atomic mass is 32.1. The third-order valence-electron chi connectivity index (χ3n) is 16.1. The Kier molecular flexibility index (Phi) is 46.8. The van der Waals surface area contributed by atoms with Crippen molar-refractivity contribution in [2.45, 2.75) is 330 Å². The maximum Gasteiger partial charge on any atom is 0.281 e. The number of rotatable bonds is 10. The van der Waals surface area contributed by atoms with E-state index in [0.29, 0.717) is 52.7 Å². The highest BCUT2D eigenvalue weighted by Gasteiger charge is 2.27. The highest BCUT2D eigenvalue weighted by Crippen LogP contribution is 2.29. The predicted molar refractivity (Wildman–Crippen MR) is 501 cm³/mol. The maximum absolute atomic E-state index is 11.0. The van der Waals surface area contributed by atoms with Crippen LogP contribution in [0.5, 0.6) is 0 Å². The summed E-state index contributed by atoms with van der Waals surface area (Å²) >= 11 is 7.07. The monoisotopic (exact) mass is 1790 g/mol. The van der Waals surface area contributed by atoms with Gasteiger partial charge in [0.2, 0.25) is 0 Å². The van der Waals surface area contributed by atoms with Gasteiger partial charge in [0.05, 0.1) is 46.8 Å². The number of nitrogens with one attached hydrogen (secondary N) is 4. The van der Waals surface area contributed by atoms with E-state index in [-0.39, 0.29) is 86.5 Å². The number of hydrogen-bond donors (Lipinski definition) is 4. The van der Waals surface area contributed by atoms with Gasteiger partial charge in [-0.25, -0.2) is 10.0 Å². The molecule has 3 amide bonds. The summed E-state index contributed by atoms with van der Waals surface area (Å²) in [6, 6.07) is 7.92. The second kappa shape index (κ2) is 51.1. The van der Waals surface area contributed by atoms with Crippen molar-refractivity contribution in [1.82, 2.24) is 62.2 Å². The Morgan fingerprint density at radius 1 is 0.475 bits per heavy atom. The Balaban J connectivity index is 0.000000666. The SMILES string of the molecule is CC(C)(C)CC1=NCNC1=O.CC(C)(C)CN1N=NCC1=O.CC(C)(C)c1cs[nH]c1=O.CC(C)N1N=NCC1=O.CC(C)c1cc(=O)[nH]s1.CC(C)c1ns[nH]c1=O.Cc1cc(C(C)C)on1.Cc1cc(CC(C)(C)C)on1.Cc1cc(CC(C)(C)C)sn1.Cc1nocc1C(C)(C)C.Cc1nocc1CC(C)(C)C.Cc1nscc1CC(C)(C)C. The van der Waals surface area contributed by atoms with Gasteiger partial charge in [-0.05, 0) is 165 Å². The summed E-state index contributed by atoms with van der Waals surface area (Å²) in [7, 11) is 0. The molecule has 0 atom stereocenters. The number of aliphatic imine (C=N–C) groups is 1. The largest absolute Gasteiger partial charge is 0.364 e. The topological polar surface area (TPSA) is 373 Å². The zero-order chi connectivity index (χ0) is 93.9. The van der Waals surface area contributed by atoms with Crippen molar-refractivity contribution in [3.63, 3.8) is 0 Å². The molecule has 0 unspecified atom stereocenters. The molecular formula is C89H148N18O10S5. The Morgan fingerprint density at radius 2 is 1.02 bits per heavy atom. The predicted octanol–water partition coefficient (Wildman–Crippen LogP) is 22.7. The number of hydrogen-bond acceptors (Lipinski definition) is 27. The van der Waals surface area contributed by atoms with Crippen LogP contribution in [0.2, 0.25) is 0 Å². The molecule has 3 aliphatic rings. The molecule has 12 heterocycles. The molecule has 28 nitrogen and oxygen atoms in total. The molecule has 0 saturated carbocycles. The lowest BCUT2D eigenvalue weighted by molar-refractivity contribution is -0.129. The molecule has 684 valence electrons. The third-order valence-corrected chi connectivity index (χ3v) is 20.1. The molecule has 0 radical (unpaired) electrons. The molecule has 0 spiro atoms. The van der Waals surface area contributed by atoms with Gasteiger partial charge in [-0.15, -0.1) is 0 Å². The Morgan fingerprint density at radius 3 is 1.31 bits per heavy atom. The first-order chi connectivity index (χ1) is 55.8. The number of aryl methyl sites for hydroxylation is 6. The van der Waals surface area contributed by atoms with Gasteiger partial charge in [0.25, 0.3) is 34.4 Å². The second-order valence-electron chi connectivity index (χ2n) is 40.6. The molecule has 9 aromatic heterocycles. The Hall–Kier alpha value is -8.40. The minimum atomic E-state index is -0.0463. The van der Waals surface area contributed by atoms with Crippen LogP contribution in [0.1, 0.15) is 329 Å². The molecule has 3 aliphatic heterocycles. The fourth-order valence-corrected chi connectivity index (χ4v) is 14.2. The van der Waals surface area contributed by atoms with E-state index in [1.54, 1.807) is 41.7 Å². The van der Waals surface area contributed by atoms with Crippen molar-refractivity contribution in [2.24, 2.45) is 58.2 Å². The van der Waals surface area contributed by atoms with Crippen LogP contribution < -0.4 is 22.0 Å². The van der Waals surface area contributed by atoms with E-state index in [1.807, 2.05) is 101 Å². The standard InChI is InChI=1S/2C9H15NO.2C9H15NS.C8H14N2O.C8H13NO.C7H13N3O.C7H11NOS.C7H11NO.C6H9NOS.C5H9N3O.C5H8N2OS/c1-7-8(6-11-10-7)5-9(2,3)4;1-7-5-8(11-10-7)6-9(2,3)4;1-7-8(6-11-10-7)5-9(2,3)4;1-7-5-8(11-10-7)6-9(2,3)4;1-8(2,3)4-6-7(11)10-5-9-6;1-6-7(5-10-9-6)8(2,3)4;1-7(2,3)5-10-6(11)4-8-9-10;1-7(2,3)5-4-10-8-6(5)9;1-5(2)7-4-6(3)8-9-7;1-4(2)5-3-6(8)7-9-5;1-4(2)8-5(9)3-6-7-8;1-3(2)4-5(8)7-9-6-4/h6H,5H2,1-4H3;5H,6H2,1-4H3;6H,5H2,1-4H3;5H,6H2,1-4H3;4-5H2,1-3H3,(H,10,11);5H,1-4H3;4-5H2,1-3H3;4H,1-3H3,(H,8,9);4-5H,1-3H3;3-4H,1-2H3,(H,7,8);4H,3H2,1-2H3;3H,1-2H3,(H,7,8). The van der Waals surface area contributed by atoms with Crippen molar-refractivity contribution in [3.8, 4) is 0 Å². The van der Waals surface area contributed by atoms with Crippen LogP contribution in [-0.2, 0) is 50.9 Å². The first-order valence-corrected chi connectivity index (χ1v) is 45.4. The molecule has 12 rings (SSSR count). The van der Waals surface area contributed by atoms with E-state index in [0.717, 1.165) is 94.3 Å². The Labute approximate surface area is 747 Å². The number of aromatic amines is 3. The molecule has 9 aromatic rings. The lowest BCUT2D eigenvalue weighted by Gasteiger charge is -2.21. The number of H-pyrrole nitrogens is 3. The van der Waals surface area contributed by atoms with Gasteiger partial charge in [-0.2, -0.15) is 23.3 Å². The molecule has 0 saturated heterocycles. The zero-order valence-electron chi connectivity index (χ0n) is 80.7. The molecule has 0 aromatic carbocycles. The summed E-state index contributed by atoms with van der Waals surface area (Å²) < 4.78 is 39.9. The summed E-state index contributed by atoms with van der Waals surface area (Å²) in [4.78, 5) is 71.7. The fraction of sp³-hybridized carbons (Fsp3) is 0.663. The van der Waals surface area contributed by atoms with Crippen molar-refractivity contribution in [2.75, 3.05) is 26.3 Å². The average molecular weight is 1790 g/mol. The van der Waals surface area contributed by atoms with E-state index in [4.69, 9.17) is 18.1 Å². The summed E-state index contributed by atoms with van der Waals surface area (Å²) in [5.74, 6) is 3.09. The molecule has 122 heavy (non-hydrogen) atoms. The van der Waals surface area contributed by atoms with Gasteiger partial charge in [0.15, 0.2) is 0 Å². The van der Waals surface area contributed by atoms with Crippen molar-refractivity contribution in [1.29, 1.82) is 0 Å². The summed E-state index contributed by atoms with van der Waals surface area (Å²) in [6.07, 6.45) is 8.47. The third kappa shape index (κ3) is 49.8. The molecule has 4 N–H and O–H groups in total. The minimum Gasteiger partial charge on any atom is -0.364 e. The minimum absolute atomic E-state index is 0.0000694. The van der Waals surface area contributed by atoms with Crippen LogP contribution in [0.4, 0.5) is 0 Å². The van der Waals surface area contributed by atoms with Gasteiger partial charge >= 0.3 is 0 Å². The summed E-state index contributed by atoms with van der Waals surface area (Å²) in [6.45, 7) is 81.2. The molecule has 0 bridgehead atoms. The second-order valence-corrected chi connectivity index (χ2v) is 44.3. The lowest BCUT2D eigenvalue weighted by atomic mass is 9.88. The van der Waals surface area contributed by atoms with E-state index in [2.05, 4.69) is 269 Å². The van der Waals surface area contributed by atoms with Crippen LogP contribution in [0.15, 0.2) is 106 Å². The van der Waals surface area contributed by atoms with E-state index in [9.17, 15) is 28.8 Å². The lowest BCUT2D eigenvalue weighted by Crippen LogP contribution is -2.31. The van der Waals surface area contributed by atoms with Gasteiger partial charge in [0, 0.05) is 85.4 Å². The summed E-state index contributed by atoms with van der Waals surface area (Å²) in [5, 5.41) is 39.3. The van der Waals surface area contributed by atoms with Crippen LogP contribution >= 0.6 is 57.9 Å². The van der Waals surface area contributed by atoms with Crippen LogP contribution in [0.3, 0.4) is 0 Å². The fourth-order valence-electron chi connectivity index (χ4n) is 10.3. The van der Waals surface area contributed by atoms with Crippen molar-refractivity contribution < 1.29 is 32.5 Å². The van der Waals surface area contributed by atoms with Crippen LogP contribution in [-0.4, -0.2) is 113 Å². The van der Waals surface area contributed by atoms with Gasteiger partial charge in [-0.3, -0.25) is 46.9 Å². The zero-order valence-corrected chi connectivity index (χ0v) is 84.8. The van der Waals surface area contributed by atoms with Gasteiger partial charge in [-0.1, -0.05) is 262 Å². The van der Waals surface area contributed by atoms with Gasteiger partial charge in [0.1, 0.15) is 55.2 Å². The number of amides is 3. The smallest absolute Gasteiger partial charge is 0.281 e. The number of carbonyl (C=O) groups excluding carboxylic acids is 3. The van der Waals surface area contributed by atoms with Crippen LogP contribution in [0, 0.1) is 74.0 Å². The first-order valence-electron chi connectivity index (χ1n) is 41.3. The number of nitrogens with zero attached hydrogens (tertiary/aromatic N) is 14. The van der Waals surface area contributed by atoms with E-state index in [1.165, 1.54) is 60.3 Å². The molecule has 0 fully saturated rings. The Bertz CT molecular complexity index is 4650. The molecule has 0 aliphatic carbocycles. The molecule has 33 heteroatoms. The number of aromatic nitrogens is 10. The number of carbonyl (C=O) groups is 3. The maximum atomic E-state index is 11.0. The van der Waals surface area contributed by atoms with E-state index < -0.39 is 0 Å².